The molecule has 1 aromatic carbocycles. The largest absolute Gasteiger partial charge is 0.307 e. The molecule has 0 amide bonds. The van der Waals surface area contributed by atoms with Crippen LogP contribution < -0.4 is 0 Å². The number of benzene rings is 1. The third-order valence-corrected chi connectivity index (χ3v) is 4.08. The molecular formula is C15H25NO4S. The first-order chi connectivity index (χ1) is 9.72. The molecule has 0 aliphatic rings. The maximum absolute atomic E-state index is 11.5. The summed E-state index contributed by atoms with van der Waals surface area (Å²) in [4.78, 5) is 12.9. The van der Waals surface area contributed by atoms with Gasteiger partial charge in [0.2, 0.25) is 0 Å². The maximum atomic E-state index is 11.5. The van der Waals surface area contributed by atoms with E-state index in [0.717, 1.165) is 18.7 Å². The zero-order valence-corrected chi connectivity index (χ0v) is 14.2. The number of rotatable bonds is 6. The molecule has 5 nitrogen and oxygen atoms in total. The van der Waals surface area contributed by atoms with Crippen LogP contribution in [0, 0.1) is 6.92 Å². The molecule has 0 radical (unpaired) electrons. The van der Waals surface area contributed by atoms with Gasteiger partial charge in [-0.3, -0.25) is 8.98 Å². The van der Waals surface area contributed by atoms with Crippen molar-refractivity contribution in [2.45, 2.75) is 32.6 Å². The fourth-order valence-electron chi connectivity index (χ4n) is 1.16. The predicted molar refractivity (Wildman–Crippen MR) is 83.8 cm³/mol. The second-order valence-corrected chi connectivity index (χ2v) is 6.34. The lowest BCUT2D eigenvalue weighted by atomic mass is 10.2. The summed E-state index contributed by atoms with van der Waals surface area (Å²) >= 11 is 0. The Morgan fingerprint density at radius 1 is 1.14 bits per heavy atom. The summed E-state index contributed by atoms with van der Waals surface area (Å²) in [6.07, 6.45) is 0. The smallest absolute Gasteiger partial charge is 0.297 e. The molecule has 1 aromatic rings. The number of aryl methyl sites for hydroxylation is 1. The van der Waals surface area contributed by atoms with Gasteiger partial charge in [0, 0.05) is 0 Å². The van der Waals surface area contributed by atoms with E-state index in [-0.39, 0.29) is 10.7 Å². The highest BCUT2D eigenvalue weighted by Gasteiger charge is 2.15. The van der Waals surface area contributed by atoms with Crippen molar-refractivity contribution in [2.24, 2.45) is 0 Å². The van der Waals surface area contributed by atoms with Gasteiger partial charge in [0.15, 0.2) is 5.78 Å². The minimum atomic E-state index is -3.79. The van der Waals surface area contributed by atoms with Crippen molar-refractivity contribution in [3.63, 3.8) is 0 Å². The van der Waals surface area contributed by atoms with Gasteiger partial charge in [-0.2, -0.15) is 8.42 Å². The molecule has 0 fully saturated rings. The van der Waals surface area contributed by atoms with Gasteiger partial charge >= 0.3 is 0 Å². The Labute approximate surface area is 128 Å². The molecule has 0 heterocycles. The number of carbonyl (C=O) groups is 1. The fourth-order valence-corrected chi connectivity index (χ4v) is 2.08. The van der Waals surface area contributed by atoms with E-state index in [1.165, 1.54) is 19.1 Å². The standard InChI is InChI=1S/C10H12O4S.C5H13N/c1-8-3-5-10(6-4-8)15(12,13)14-7-9(2)11;1-4-6(3)5-2/h3-6H,7H2,1-2H3;4-5H2,1-3H3. The van der Waals surface area contributed by atoms with Crippen LogP contribution >= 0.6 is 0 Å². The normalized spacial score (nSPS) is 11.0. The van der Waals surface area contributed by atoms with Crippen LogP contribution in [0.1, 0.15) is 26.3 Å². The van der Waals surface area contributed by atoms with E-state index in [1.54, 1.807) is 12.1 Å². The first-order valence-corrected chi connectivity index (χ1v) is 8.27. The number of hydrogen-bond donors (Lipinski definition) is 0. The third kappa shape index (κ3) is 8.60. The van der Waals surface area contributed by atoms with Gasteiger partial charge in [-0.1, -0.05) is 31.5 Å². The van der Waals surface area contributed by atoms with Crippen LogP contribution in [0.15, 0.2) is 29.2 Å². The zero-order chi connectivity index (χ0) is 16.5. The molecule has 120 valence electrons. The average Bonchev–Trinajstić information content (AvgIpc) is 2.45. The summed E-state index contributed by atoms with van der Waals surface area (Å²) < 4.78 is 27.5. The van der Waals surface area contributed by atoms with Crippen LogP contribution in [-0.4, -0.2) is 45.8 Å². The van der Waals surface area contributed by atoms with Gasteiger partial charge in [0.1, 0.15) is 6.61 Å². The molecule has 0 spiro atoms. The van der Waals surface area contributed by atoms with Gasteiger partial charge < -0.3 is 4.90 Å². The molecule has 0 saturated carbocycles. The Balaban J connectivity index is 0.000000567. The summed E-state index contributed by atoms with van der Waals surface area (Å²) in [7, 11) is -1.68. The predicted octanol–water partition coefficient (Wildman–Crippen LogP) is 2.25. The maximum Gasteiger partial charge on any atom is 0.297 e. The van der Waals surface area contributed by atoms with Crippen molar-refractivity contribution in [2.75, 3.05) is 26.7 Å². The van der Waals surface area contributed by atoms with E-state index in [9.17, 15) is 13.2 Å². The van der Waals surface area contributed by atoms with Crippen LogP contribution in [0.3, 0.4) is 0 Å². The van der Waals surface area contributed by atoms with Crippen molar-refractivity contribution < 1.29 is 17.4 Å². The minimum absolute atomic E-state index is 0.0642. The van der Waals surface area contributed by atoms with Crippen LogP contribution in [-0.2, 0) is 19.1 Å². The zero-order valence-electron chi connectivity index (χ0n) is 13.4. The number of Topliss-reactive ketones (excluding diaryl/α,β-unsaturated/α-hetero) is 1. The van der Waals surface area contributed by atoms with E-state index in [0.29, 0.717) is 0 Å². The second kappa shape index (κ2) is 9.65. The highest BCUT2D eigenvalue weighted by Crippen LogP contribution is 2.12. The van der Waals surface area contributed by atoms with E-state index >= 15 is 0 Å². The molecule has 0 aliphatic heterocycles. The van der Waals surface area contributed by atoms with Gasteiger partial charge in [-0.05, 0) is 46.1 Å². The monoisotopic (exact) mass is 315 g/mol. The van der Waals surface area contributed by atoms with E-state index < -0.39 is 16.7 Å². The van der Waals surface area contributed by atoms with E-state index in [2.05, 4.69) is 30.0 Å². The summed E-state index contributed by atoms with van der Waals surface area (Å²) in [5, 5.41) is 0. The second-order valence-electron chi connectivity index (χ2n) is 4.72. The van der Waals surface area contributed by atoms with Gasteiger partial charge in [0.05, 0.1) is 4.90 Å². The fraction of sp³-hybridized carbons (Fsp3) is 0.533. The quantitative estimate of drug-likeness (QED) is 0.753. The molecule has 0 aromatic heterocycles. The van der Waals surface area contributed by atoms with Crippen LogP contribution in [0.25, 0.3) is 0 Å². The number of ketones is 1. The molecule has 1 rings (SSSR count). The Kier molecular flexibility index (Phi) is 9.08. The van der Waals surface area contributed by atoms with Crippen molar-refractivity contribution >= 4 is 15.9 Å². The molecule has 0 aliphatic carbocycles. The number of nitrogens with zero attached hydrogens (tertiary/aromatic N) is 1. The summed E-state index contributed by atoms with van der Waals surface area (Å²) in [5.41, 5.74) is 0.959. The molecule has 0 atom stereocenters. The van der Waals surface area contributed by atoms with Gasteiger partial charge in [0.25, 0.3) is 10.1 Å². The molecule has 0 N–H and O–H groups in total. The van der Waals surface area contributed by atoms with Crippen LogP contribution in [0.5, 0.6) is 0 Å². The van der Waals surface area contributed by atoms with Gasteiger partial charge in [-0.25, -0.2) is 0 Å². The summed E-state index contributed by atoms with van der Waals surface area (Å²) in [6.45, 7) is 9.34. The van der Waals surface area contributed by atoms with E-state index in [4.69, 9.17) is 0 Å². The Bertz CT molecular complexity index is 519. The molecule has 21 heavy (non-hydrogen) atoms. The topological polar surface area (TPSA) is 63.7 Å². The average molecular weight is 315 g/mol. The van der Waals surface area contributed by atoms with Crippen LogP contribution in [0.2, 0.25) is 0 Å². The third-order valence-electron chi connectivity index (χ3n) is 2.81. The highest BCUT2D eigenvalue weighted by molar-refractivity contribution is 7.86. The van der Waals surface area contributed by atoms with Gasteiger partial charge in [-0.15, -0.1) is 0 Å². The first kappa shape index (κ1) is 19.8. The van der Waals surface area contributed by atoms with Crippen LogP contribution in [0.4, 0.5) is 0 Å². The SMILES string of the molecule is CC(=O)COS(=O)(=O)c1ccc(C)cc1.CCN(C)CC. The van der Waals surface area contributed by atoms with Crippen molar-refractivity contribution in [1.82, 2.24) is 4.90 Å². The minimum Gasteiger partial charge on any atom is -0.307 e. The highest BCUT2D eigenvalue weighted by atomic mass is 32.2. The van der Waals surface area contributed by atoms with Crippen molar-refractivity contribution in [3.05, 3.63) is 29.8 Å². The molecule has 0 bridgehead atoms. The lowest BCUT2D eigenvalue weighted by Gasteiger charge is -2.07. The lowest BCUT2D eigenvalue weighted by molar-refractivity contribution is -0.118. The van der Waals surface area contributed by atoms with E-state index in [1.807, 2.05) is 6.92 Å². The number of hydrogen-bond acceptors (Lipinski definition) is 5. The Hall–Kier alpha value is -1.24. The molecule has 6 heteroatoms. The van der Waals surface area contributed by atoms with Crippen molar-refractivity contribution in [1.29, 1.82) is 0 Å². The number of carbonyl (C=O) groups excluding carboxylic acids is 1. The van der Waals surface area contributed by atoms with Crippen molar-refractivity contribution in [3.8, 4) is 0 Å². The molecular weight excluding hydrogens is 290 g/mol. The Morgan fingerprint density at radius 2 is 1.62 bits per heavy atom. The molecule has 0 saturated heterocycles. The first-order valence-electron chi connectivity index (χ1n) is 6.87. The Morgan fingerprint density at radius 3 is 1.95 bits per heavy atom. The lowest BCUT2D eigenvalue weighted by Crippen LogP contribution is -2.15. The summed E-state index contributed by atoms with van der Waals surface area (Å²) in [6, 6.07) is 6.24. The molecule has 0 unspecified atom stereocenters. The summed E-state index contributed by atoms with van der Waals surface area (Å²) in [5.74, 6) is -0.328.